The molecule has 2 aromatic rings. The van der Waals surface area contributed by atoms with Gasteiger partial charge in [0.25, 0.3) is 5.91 Å². The Morgan fingerprint density at radius 3 is 2.58 bits per heavy atom. The average molecular weight is 374 g/mol. The van der Waals surface area contributed by atoms with E-state index in [-0.39, 0.29) is 24.5 Å². The lowest BCUT2D eigenvalue weighted by Gasteiger charge is -2.31. The molecule has 0 saturated carbocycles. The third-order valence-corrected chi connectivity index (χ3v) is 5.13. The van der Waals surface area contributed by atoms with Gasteiger partial charge in [-0.2, -0.15) is 0 Å². The quantitative estimate of drug-likeness (QED) is 0.773. The van der Waals surface area contributed by atoms with Crippen LogP contribution < -0.4 is 10.2 Å². The van der Waals surface area contributed by atoms with Crippen LogP contribution in [0, 0.1) is 0 Å². The molecule has 0 radical (unpaired) electrons. The van der Waals surface area contributed by atoms with Crippen molar-refractivity contribution in [1.29, 1.82) is 0 Å². The lowest BCUT2D eigenvalue weighted by atomic mass is 9.94. The summed E-state index contributed by atoms with van der Waals surface area (Å²) >= 11 is 6.12. The second kappa shape index (κ2) is 8.34. The van der Waals surface area contributed by atoms with E-state index in [1.807, 2.05) is 42.5 Å². The van der Waals surface area contributed by atoms with E-state index >= 15 is 0 Å². The second-order valence-corrected chi connectivity index (χ2v) is 6.84. The van der Waals surface area contributed by atoms with Crippen LogP contribution in [-0.2, 0) is 33.8 Å². The van der Waals surface area contributed by atoms with Gasteiger partial charge in [0.05, 0.1) is 7.11 Å². The van der Waals surface area contributed by atoms with Crippen LogP contribution in [0.1, 0.15) is 16.7 Å². The van der Waals surface area contributed by atoms with E-state index in [4.69, 9.17) is 16.3 Å². The van der Waals surface area contributed by atoms with E-state index in [2.05, 4.69) is 5.32 Å². The fourth-order valence-electron chi connectivity index (χ4n) is 3.34. The molecule has 1 amide bonds. The van der Waals surface area contributed by atoms with E-state index in [1.165, 1.54) is 12.7 Å². The maximum Gasteiger partial charge on any atom is 0.365 e. The summed E-state index contributed by atoms with van der Waals surface area (Å²) in [7, 11) is 1.39. The van der Waals surface area contributed by atoms with Gasteiger partial charge in [-0.05, 0) is 17.2 Å². The zero-order valence-electron chi connectivity index (χ0n) is 14.6. The number of methoxy groups -OCH3 is 1. The van der Waals surface area contributed by atoms with Gasteiger partial charge in [-0.25, -0.2) is 4.79 Å². The highest BCUT2D eigenvalue weighted by molar-refractivity contribution is 6.31. The molecular weight excluding hydrogens is 352 g/mol. The Balaban J connectivity index is 1.67. The predicted molar refractivity (Wildman–Crippen MR) is 98.8 cm³/mol. The fraction of sp³-hybridized carbons (Fsp3) is 0.300. The van der Waals surface area contributed by atoms with Crippen LogP contribution >= 0.6 is 11.6 Å². The van der Waals surface area contributed by atoms with Crippen molar-refractivity contribution in [2.45, 2.75) is 25.6 Å². The standard InChI is InChI=1S/C20H21ClN2O3/c1-26-20(25)18-10-14-6-2-3-8-16(14)12-23(18)13-19(24)22-11-15-7-4-5-9-17(15)21/h2-9,18H,10-13H2,1H3,(H,22,24)/p+1/t18-/m1/s1. The molecule has 0 saturated heterocycles. The van der Waals surface area contributed by atoms with Gasteiger partial charge < -0.3 is 15.0 Å². The largest absolute Gasteiger partial charge is 0.465 e. The Labute approximate surface area is 157 Å². The Morgan fingerprint density at radius 1 is 1.15 bits per heavy atom. The lowest BCUT2D eigenvalue weighted by Crippen LogP contribution is -3.17. The molecule has 0 bridgehead atoms. The number of hydrogen-bond acceptors (Lipinski definition) is 3. The number of halogens is 1. The Kier molecular flexibility index (Phi) is 5.91. The van der Waals surface area contributed by atoms with Crippen LogP contribution in [0.25, 0.3) is 0 Å². The molecule has 1 aliphatic rings. The molecule has 1 unspecified atom stereocenters. The molecule has 2 aromatic carbocycles. The van der Waals surface area contributed by atoms with Crippen molar-refractivity contribution in [1.82, 2.24) is 5.32 Å². The van der Waals surface area contributed by atoms with Crippen molar-refractivity contribution in [2.24, 2.45) is 0 Å². The van der Waals surface area contributed by atoms with E-state index in [9.17, 15) is 9.59 Å². The molecule has 26 heavy (non-hydrogen) atoms. The van der Waals surface area contributed by atoms with Gasteiger partial charge in [0.1, 0.15) is 6.54 Å². The molecule has 3 rings (SSSR count). The van der Waals surface area contributed by atoms with Crippen molar-refractivity contribution in [2.75, 3.05) is 13.7 Å². The van der Waals surface area contributed by atoms with Crippen LogP contribution in [0.3, 0.4) is 0 Å². The van der Waals surface area contributed by atoms with E-state index in [0.717, 1.165) is 16.0 Å². The number of esters is 1. The van der Waals surface area contributed by atoms with Crippen molar-refractivity contribution in [3.8, 4) is 0 Å². The molecule has 0 spiro atoms. The zero-order chi connectivity index (χ0) is 18.5. The van der Waals surface area contributed by atoms with Crippen molar-refractivity contribution < 1.29 is 19.2 Å². The third kappa shape index (κ3) is 4.23. The maximum atomic E-state index is 12.4. The molecule has 5 nitrogen and oxygen atoms in total. The molecular formula is C20H22ClN2O3+. The molecule has 0 aromatic heterocycles. The molecule has 2 atom stereocenters. The van der Waals surface area contributed by atoms with E-state index < -0.39 is 0 Å². The van der Waals surface area contributed by atoms with Gasteiger partial charge in [0, 0.05) is 23.6 Å². The summed E-state index contributed by atoms with van der Waals surface area (Å²) in [5, 5.41) is 3.52. The first-order valence-corrected chi connectivity index (χ1v) is 8.95. The van der Waals surface area contributed by atoms with Crippen LogP contribution in [0.2, 0.25) is 5.02 Å². The summed E-state index contributed by atoms with van der Waals surface area (Å²) in [6.45, 7) is 1.19. The summed E-state index contributed by atoms with van der Waals surface area (Å²) in [6.07, 6.45) is 0.579. The average Bonchev–Trinajstić information content (AvgIpc) is 2.66. The molecule has 0 aliphatic carbocycles. The van der Waals surface area contributed by atoms with Gasteiger partial charge in [-0.1, -0.05) is 54.1 Å². The van der Waals surface area contributed by atoms with Crippen molar-refractivity contribution in [3.63, 3.8) is 0 Å². The molecule has 6 heteroatoms. The second-order valence-electron chi connectivity index (χ2n) is 6.43. The van der Waals surface area contributed by atoms with Crippen LogP contribution in [-0.4, -0.2) is 31.6 Å². The van der Waals surface area contributed by atoms with E-state index in [1.54, 1.807) is 6.07 Å². The van der Waals surface area contributed by atoms with Crippen LogP contribution in [0.4, 0.5) is 0 Å². The fourth-order valence-corrected chi connectivity index (χ4v) is 3.55. The minimum absolute atomic E-state index is 0.117. The molecule has 2 N–H and O–H groups in total. The number of benzene rings is 2. The van der Waals surface area contributed by atoms with Gasteiger partial charge in [0.2, 0.25) is 0 Å². The molecule has 0 fully saturated rings. The smallest absolute Gasteiger partial charge is 0.365 e. The molecule has 136 valence electrons. The van der Waals surface area contributed by atoms with Gasteiger partial charge in [-0.3, -0.25) is 4.79 Å². The Hall–Kier alpha value is -2.37. The van der Waals surface area contributed by atoms with Gasteiger partial charge in [-0.15, -0.1) is 0 Å². The van der Waals surface area contributed by atoms with Crippen LogP contribution in [0.5, 0.6) is 0 Å². The number of hydrogen-bond donors (Lipinski definition) is 2. The normalized spacial score (nSPS) is 18.7. The number of rotatable bonds is 5. The minimum Gasteiger partial charge on any atom is -0.465 e. The summed E-state index contributed by atoms with van der Waals surface area (Å²) in [4.78, 5) is 25.5. The lowest BCUT2D eigenvalue weighted by molar-refractivity contribution is -0.924. The summed E-state index contributed by atoms with van der Waals surface area (Å²) in [5.74, 6) is -0.401. The minimum atomic E-state index is -0.374. The Bertz CT molecular complexity index is 809. The predicted octanol–water partition coefficient (Wildman–Crippen LogP) is 1.14. The number of amides is 1. The summed E-state index contributed by atoms with van der Waals surface area (Å²) in [5.41, 5.74) is 3.18. The number of fused-ring (bicyclic) bond motifs is 1. The zero-order valence-corrected chi connectivity index (χ0v) is 15.4. The highest BCUT2D eigenvalue weighted by atomic mass is 35.5. The summed E-state index contributed by atoms with van der Waals surface area (Å²) in [6, 6.07) is 15.1. The first kappa shape index (κ1) is 18.4. The maximum absolute atomic E-state index is 12.4. The number of carbonyl (C=O) groups is 2. The van der Waals surface area contributed by atoms with Crippen LogP contribution in [0.15, 0.2) is 48.5 Å². The van der Waals surface area contributed by atoms with Crippen molar-refractivity contribution in [3.05, 3.63) is 70.2 Å². The first-order valence-electron chi connectivity index (χ1n) is 8.57. The van der Waals surface area contributed by atoms with E-state index in [0.29, 0.717) is 24.5 Å². The monoisotopic (exact) mass is 373 g/mol. The molecule has 1 aliphatic heterocycles. The molecule has 1 heterocycles. The SMILES string of the molecule is COC(=O)[C@H]1Cc2ccccc2C[NH+]1CC(=O)NCc1ccccc1Cl. The van der Waals surface area contributed by atoms with Gasteiger partial charge in [0.15, 0.2) is 12.6 Å². The Morgan fingerprint density at radius 2 is 1.85 bits per heavy atom. The highest BCUT2D eigenvalue weighted by Gasteiger charge is 2.36. The van der Waals surface area contributed by atoms with Gasteiger partial charge >= 0.3 is 5.97 Å². The van der Waals surface area contributed by atoms with Crippen molar-refractivity contribution >= 4 is 23.5 Å². The number of nitrogens with one attached hydrogen (secondary N) is 2. The first-order chi connectivity index (χ1) is 12.6. The number of quaternary nitrogens is 1. The highest BCUT2D eigenvalue weighted by Crippen LogP contribution is 2.15. The number of ether oxygens (including phenoxy) is 1. The number of carbonyl (C=O) groups excluding carboxylic acids is 2. The summed E-state index contributed by atoms with van der Waals surface area (Å²) < 4.78 is 4.95. The topological polar surface area (TPSA) is 59.8 Å². The third-order valence-electron chi connectivity index (χ3n) is 4.76.